The molecule has 0 bridgehead atoms. The molecule has 4 rings (SSSR count). The van der Waals surface area contributed by atoms with Gasteiger partial charge in [-0.2, -0.15) is 5.26 Å². The number of ether oxygens (including phenoxy) is 2. The van der Waals surface area contributed by atoms with Gasteiger partial charge in [0.25, 0.3) is 0 Å². The fourth-order valence-corrected chi connectivity index (χ4v) is 4.71. The van der Waals surface area contributed by atoms with Crippen LogP contribution in [0.25, 0.3) is 5.76 Å². The Labute approximate surface area is 186 Å². The highest BCUT2D eigenvalue weighted by Gasteiger charge is 2.28. The third kappa shape index (κ3) is 4.80. The molecule has 2 heterocycles. The number of nitrogens with zero attached hydrogens (tertiary/aromatic N) is 2. The second-order valence-electron chi connectivity index (χ2n) is 7.33. The minimum Gasteiger partial charge on any atom is -0.453 e. The summed E-state index contributed by atoms with van der Waals surface area (Å²) in [6, 6.07) is 12.3. The van der Waals surface area contributed by atoms with Gasteiger partial charge in [-0.05, 0) is 37.3 Å². The van der Waals surface area contributed by atoms with Crippen LogP contribution in [0.3, 0.4) is 0 Å². The summed E-state index contributed by atoms with van der Waals surface area (Å²) in [6.07, 6.45) is 9.81. The molecule has 1 aliphatic carbocycles. The zero-order valence-electron chi connectivity index (χ0n) is 16.5. The Bertz CT molecular complexity index is 1010. The van der Waals surface area contributed by atoms with Crippen LogP contribution in [0, 0.1) is 11.3 Å². The number of rotatable bonds is 3. The quantitative estimate of drug-likeness (QED) is 0.481. The van der Waals surface area contributed by atoms with E-state index in [9.17, 15) is 5.26 Å². The molecule has 0 unspecified atom stereocenters. The maximum absolute atomic E-state index is 9.56. The molecule has 0 radical (unpaired) electrons. The summed E-state index contributed by atoms with van der Waals surface area (Å²) < 4.78 is 11.9. The van der Waals surface area contributed by atoms with Gasteiger partial charge in [-0.15, -0.1) is 28.3 Å². The maximum Gasteiger partial charge on any atom is 0.245 e. The number of hydrogen-bond donors (Lipinski definition) is 0. The number of aryl methyl sites for hydroxylation is 1. The van der Waals surface area contributed by atoms with Crippen LogP contribution in [-0.4, -0.2) is 12.0 Å². The van der Waals surface area contributed by atoms with Gasteiger partial charge >= 0.3 is 0 Å². The van der Waals surface area contributed by atoms with Gasteiger partial charge in [-0.3, -0.25) is 0 Å². The molecule has 0 N–H and O–H groups in total. The molecule has 0 fully saturated rings. The second kappa shape index (κ2) is 8.98. The number of thiophene rings is 1. The second-order valence-corrected chi connectivity index (χ2v) is 8.41. The zero-order chi connectivity index (χ0) is 19.6. The number of halogens is 1. The zero-order valence-corrected chi connectivity index (χ0v) is 19.0. The van der Waals surface area contributed by atoms with E-state index in [-0.39, 0.29) is 17.0 Å². The van der Waals surface area contributed by atoms with E-state index >= 15 is 0 Å². The van der Waals surface area contributed by atoms with E-state index in [1.807, 2.05) is 56.3 Å². The Morgan fingerprint density at radius 3 is 2.66 bits per heavy atom. The SMILES string of the molecule is Br.CC1(C)OC(c2ccccc2)=C/C(=C/C=N/c2sc3c(c2C#N)CCCC3)O1. The highest BCUT2D eigenvalue weighted by molar-refractivity contribution is 8.93. The van der Waals surface area contributed by atoms with Crippen molar-refractivity contribution in [3.8, 4) is 6.07 Å². The largest absolute Gasteiger partial charge is 0.453 e. The van der Waals surface area contributed by atoms with E-state index in [0.717, 1.165) is 41.1 Å². The Morgan fingerprint density at radius 2 is 1.90 bits per heavy atom. The summed E-state index contributed by atoms with van der Waals surface area (Å²) >= 11 is 1.64. The summed E-state index contributed by atoms with van der Waals surface area (Å²) in [5, 5.41) is 10.4. The van der Waals surface area contributed by atoms with Crippen molar-refractivity contribution < 1.29 is 9.47 Å². The monoisotopic (exact) mass is 470 g/mol. The van der Waals surface area contributed by atoms with Gasteiger partial charge < -0.3 is 9.47 Å². The molecule has 150 valence electrons. The van der Waals surface area contributed by atoms with Crippen molar-refractivity contribution in [1.29, 1.82) is 5.26 Å². The van der Waals surface area contributed by atoms with Crippen molar-refractivity contribution in [2.45, 2.75) is 45.3 Å². The van der Waals surface area contributed by atoms with Crippen LogP contribution in [0.4, 0.5) is 5.00 Å². The molecule has 0 saturated carbocycles. The fraction of sp³-hybridized carbons (Fsp3) is 0.304. The van der Waals surface area contributed by atoms with Crippen molar-refractivity contribution in [1.82, 2.24) is 0 Å². The molecule has 2 aliphatic rings. The molecule has 6 heteroatoms. The normalized spacial score (nSPS) is 18.8. The van der Waals surface area contributed by atoms with Crippen molar-refractivity contribution in [3.05, 3.63) is 69.8 Å². The minimum atomic E-state index is -0.764. The first kappa shape index (κ1) is 21.4. The number of hydrogen-bond acceptors (Lipinski definition) is 5. The Morgan fingerprint density at radius 1 is 1.14 bits per heavy atom. The van der Waals surface area contributed by atoms with Crippen molar-refractivity contribution in [3.63, 3.8) is 0 Å². The lowest BCUT2D eigenvalue weighted by Crippen LogP contribution is -2.30. The van der Waals surface area contributed by atoms with Gasteiger partial charge in [0.2, 0.25) is 5.79 Å². The summed E-state index contributed by atoms with van der Waals surface area (Å²) in [6.45, 7) is 3.77. The lowest BCUT2D eigenvalue weighted by atomic mass is 9.96. The lowest BCUT2D eigenvalue weighted by Gasteiger charge is -2.33. The van der Waals surface area contributed by atoms with Crippen LogP contribution < -0.4 is 0 Å². The predicted molar refractivity (Wildman–Crippen MR) is 123 cm³/mol. The maximum atomic E-state index is 9.56. The van der Waals surface area contributed by atoms with Crippen molar-refractivity contribution in [2.75, 3.05) is 0 Å². The smallest absolute Gasteiger partial charge is 0.245 e. The number of allylic oxidation sites excluding steroid dienone is 2. The van der Waals surface area contributed by atoms with Crippen LogP contribution >= 0.6 is 28.3 Å². The third-order valence-corrected chi connectivity index (χ3v) is 5.95. The van der Waals surface area contributed by atoms with Crippen molar-refractivity contribution >= 4 is 45.3 Å². The average molecular weight is 471 g/mol. The molecule has 0 amide bonds. The highest BCUT2D eigenvalue weighted by Crippen LogP contribution is 2.39. The molecule has 0 spiro atoms. The molecule has 29 heavy (non-hydrogen) atoms. The van der Waals surface area contributed by atoms with E-state index in [2.05, 4.69) is 11.1 Å². The molecule has 1 aromatic heterocycles. The Hall–Kier alpha value is -2.36. The summed E-state index contributed by atoms with van der Waals surface area (Å²) in [4.78, 5) is 5.88. The molecule has 1 aromatic carbocycles. The molecular formula is C23H23BrN2O2S. The molecule has 2 aromatic rings. The fourth-order valence-electron chi connectivity index (χ4n) is 3.52. The van der Waals surface area contributed by atoms with Crippen LogP contribution in [0.15, 0.2) is 53.2 Å². The topological polar surface area (TPSA) is 54.6 Å². The van der Waals surface area contributed by atoms with Gasteiger partial charge in [-0.25, -0.2) is 4.99 Å². The van der Waals surface area contributed by atoms with E-state index < -0.39 is 5.79 Å². The average Bonchev–Trinajstić information content (AvgIpc) is 3.05. The Kier molecular flexibility index (Phi) is 6.61. The standard InChI is InChI=1S/C23H22N2O2S.BrH/c1-23(2)26-17(14-20(27-23)16-8-4-3-5-9-16)12-13-25-22-19(15-24)18-10-6-7-11-21(18)28-22;/h3-5,8-9,12-14H,6-7,10-11H2,1-2H3;1H/b17-12-,25-13+;. The van der Waals surface area contributed by atoms with E-state index in [1.165, 1.54) is 16.9 Å². The van der Waals surface area contributed by atoms with E-state index in [0.29, 0.717) is 5.76 Å². The number of aliphatic imine (C=N–C) groups is 1. The van der Waals surface area contributed by atoms with Crippen LogP contribution in [0.2, 0.25) is 0 Å². The number of nitriles is 1. The van der Waals surface area contributed by atoms with Crippen LogP contribution in [0.5, 0.6) is 0 Å². The Balaban J connectivity index is 0.00000240. The third-order valence-electron chi connectivity index (χ3n) is 4.75. The van der Waals surface area contributed by atoms with Gasteiger partial charge in [0.15, 0.2) is 0 Å². The molecule has 0 saturated heterocycles. The number of benzene rings is 1. The summed E-state index contributed by atoms with van der Waals surface area (Å²) in [5.74, 6) is 0.680. The van der Waals surface area contributed by atoms with Gasteiger partial charge in [-0.1, -0.05) is 30.3 Å². The first-order valence-electron chi connectivity index (χ1n) is 9.50. The van der Waals surface area contributed by atoms with E-state index in [4.69, 9.17) is 9.47 Å². The lowest BCUT2D eigenvalue weighted by molar-refractivity contribution is -0.149. The highest BCUT2D eigenvalue weighted by atomic mass is 79.9. The van der Waals surface area contributed by atoms with Gasteiger partial charge in [0.1, 0.15) is 22.6 Å². The predicted octanol–water partition coefficient (Wildman–Crippen LogP) is 6.49. The van der Waals surface area contributed by atoms with E-state index in [1.54, 1.807) is 17.6 Å². The van der Waals surface area contributed by atoms with Crippen LogP contribution in [-0.2, 0) is 22.3 Å². The first-order valence-corrected chi connectivity index (χ1v) is 10.3. The first-order chi connectivity index (χ1) is 13.6. The summed E-state index contributed by atoms with van der Waals surface area (Å²) in [7, 11) is 0. The minimum absolute atomic E-state index is 0. The van der Waals surface area contributed by atoms with Crippen LogP contribution in [0.1, 0.15) is 48.3 Å². The molecular weight excluding hydrogens is 448 g/mol. The van der Waals surface area contributed by atoms with Gasteiger partial charge in [0.05, 0.1) is 5.56 Å². The van der Waals surface area contributed by atoms with Gasteiger partial charge in [0, 0.05) is 36.6 Å². The molecule has 1 aliphatic heterocycles. The summed E-state index contributed by atoms with van der Waals surface area (Å²) in [5.41, 5.74) is 2.94. The molecule has 0 atom stereocenters. The molecule has 4 nitrogen and oxygen atoms in total. The van der Waals surface area contributed by atoms with Crippen molar-refractivity contribution in [2.24, 2.45) is 4.99 Å². The number of fused-ring (bicyclic) bond motifs is 1.